The third-order valence-corrected chi connectivity index (χ3v) is 5.93. The van der Waals surface area contributed by atoms with Gasteiger partial charge in [0.2, 0.25) is 11.0 Å². The minimum Gasteiger partial charge on any atom is -0.360 e. The molecule has 1 N–H and O–H groups in total. The van der Waals surface area contributed by atoms with Crippen LogP contribution in [0.15, 0.2) is 46.8 Å². The highest BCUT2D eigenvalue weighted by atomic mass is 32.2. The largest absolute Gasteiger partial charge is 0.360 e. The molecule has 3 aromatic rings. The number of amides is 1. The van der Waals surface area contributed by atoms with Crippen LogP contribution in [0.1, 0.15) is 20.3 Å². The third kappa shape index (κ3) is 4.34. The van der Waals surface area contributed by atoms with Crippen molar-refractivity contribution in [1.82, 2.24) is 10.2 Å². The number of hydrogen-bond acceptors (Lipinski definition) is 6. The van der Waals surface area contributed by atoms with Gasteiger partial charge >= 0.3 is 0 Å². The van der Waals surface area contributed by atoms with Gasteiger partial charge in [-0.3, -0.25) is 4.79 Å². The van der Waals surface area contributed by atoms with Gasteiger partial charge < -0.3 is 10.2 Å². The molecule has 136 valence electrons. The number of anilines is 2. The van der Waals surface area contributed by atoms with Crippen LogP contribution >= 0.6 is 23.1 Å². The van der Waals surface area contributed by atoms with Gasteiger partial charge in [-0.2, -0.15) is 0 Å². The molecule has 0 saturated carbocycles. The van der Waals surface area contributed by atoms with E-state index in [1.54, 1.807) is 0 Å². The predicted octanol–water partition coefficient (Wildman–Crippen LogP) is 4.66. The van der Waals surface area contributed by atoms with E-state index in [2.05, 4.69) is 40.6 Å². The molecule has 1 heterocycles. The van der Waals surface area contributed by atoms with Crippen molar-refractivity contribution in [3.63, 3.8) is 0 Å². The molecule has 26 heavy (non-hydrogen) atoms. The molecule has 3 rings (SSSR count). The van der Waals surface area contributed by atoms with Gasteiger partial charge in [-0.05, 0) is 24.8 Å². The fraction of sp³-hybridized carbons (Fsp3) is 0.316. The lowest BCUT2D eigenvalue weighted by molar-refractivity contribution is -0.116. The van der Waals surface area contributed by atoms with Crippen molar-refractivity contribution in [2.24, 2.45) is 0 Å². The zero-order valence-electron chi connectivity index (χ0n) is 14.9. The molecule has 7 heteroatoms. The van der Waals surface area contributed by atoms with E-state index in [1.807, 2.05) is 36.1 Å². The summed E-state index contributed by atoms with van der Waals surface area (Å²) in [7, 11) is 0. The zero-order valence-corrected chi connectivity index (χ0v) is 16.6. The van der Waals surface area contributed by atoms with E-state index in [9.17, 15) is 4.79 Å². The van der Waals surface area contributed by atoms with Gasteiger partial charge in [0.05, 0.1) is 11.4 Å². The number of nitrogens with zero attached hydrogens (tertiary/aromatic N) is 3. The van der Waals surface area contributed by atoms with Crippen LogP contribution in [0.5, 0.6) is 0 Å². The summed E-state index contributed by atoms with van der Waals surface area (Å²) in [5, 5.41) is 14.5. The molecule has 0 aliphatic rings. The highest BCUT2D eigenvalue weighted by Gasteiger charge is 2.17. The number of carbonyl (C=O) groups excluding carboxylic acids is 1. The first-order valence-corrected chi connectivity index (χ1v) is 10.5. The van der Waals surface area contributed by atoms with Crippen LogP contribution in [0.4, 0.5) is 10.8 Å². The fourth-order valence-corrected chi connectivity index (χ4v) is 4.35. The van der Waals surface area contributed by atoms with E-state index < -0.39 is 0 Å². The van der Waals surface area contributed by atoms with Gasteiger partial charge in [-0.15, -0.1) is 10.2 Å². The van der Waals surface area contributed by atoms with E-state index in [-0.39, 0.29) is 5.91 Å². The SMILES string of the molecule is CCCNc1nnc(SCC(=O)N(CC)c2cccc3ccccc23)s1. The molecular weight excluding hydrogens is 364 g/mol. The minimum atomic E-state index is 0.0760. The summed E-state index contributed by atoms with van der Waals surface area (Å²) >= 11 is 2.93. The summed E-state index contributed by atoms with van der Waals surface area (Å²) in [6.07, 6.45) is 1.04. The van der Waals surface area contributed by atoms with E-state index in [0.717, 1.165) is 38.9 Å². The smallest absolute Gasteiger partial charge is 0.237 e. The van der Waals surface area contributed by atoms with E-state index in [0.29, 0.717) is 12.3 Å². The Hall–Kier alpha value is -2.12. The molecule has 1 amide bonds. The summed E-state index contributed by atoms with van der Waals surface area (Å²) in [5.74, 6) is 0.423. The van der Waals surface area contributed by atoms with Gasteiger partial charge in [0.1, 0.15) is 0 Å². The average molecular weight is 387 g/mol. The highest BCUT2D eigenvalue weighted by molar-refractivity contribution is 8.01. The number of thioether (sulfide) groups is 1. The van der Waals surface area contributed by atoms with Crippen molar-refractivity contribution >= 4 is 50.6 Å². The van der Waals surface area contributed by atoms with E-state index >= 15 is 0 Å². The molecule has 0 unspecified atom stereocenters. The van der Waals surface area contributed by atoms with Crippen molar-refractivity contribution in [3.8, 4) is 0 Å². The number of rotatable bonds is 8. The lowest BCUT2D eigenvalue weighted by Gasteiger charge is -2.22. The van der Waals surface area contributed by atoms with Gasteiger partial charge in [0, 0.05) is 18.5 Å². The summed E-state index contributed by atoms with van der Waals surface area (Å²) < 4.78 is 0.811. The number of nitrogens with one attached hydrogen (secondary N) is 1. The van der Waals surface area contributed by atoms with Crippen molar-refractivity contribution in [1.29, 1.82) is 0 Å². The highest BCUT2D eigenvalue weighted by Crippen LogP contribution is 2.29. The summed E-state index contributed by atoms with van der Waals surface area (Å²) in [5.41, 5.74) is 0.957. The first-order chi connectivity index (χ1) is 12.7. The van der Waals surface area contributed by atoms with Crippen LogP contribution in [-0.2, 0) is 4.79 Å². The number of carbonyl (C=O) groups is 1. The molecule has 2 aromatic carbocycles. The molecule has 0 radical (unpaired) electrons. The lowest BCUT2D eigenvalue weighted by atomic mass is 10.1. The number of hydrogen-bond donors (Lipinski definition) is 1. The molecule has 0 bridgehead atoms. The maximum absolute atomic E-state index is 12.8. The summed E-state index contributed by atoms with van der Waals surface area (Å²) in [4.78, 5) is 14.7. The van der Waals surface area contributed by atoms with Crippen molar-refractivity contribution in [2.45, 2.75) is 24.6 Å². The Balaban J connectivity index is 1.70. The van der Waals surface area contributed by atoms with Crippen LogP contribution < -0.4 is 10.2 Å². The number of fused-ring (bicyclic) bond motifs is 1. The Morgan fingerprint density at radius 2 is 1.96 bits per heavy atom. The maximum atomic E-state index is 12.8. The monoisotopic (exact) mass is 386 g/mol. The predicted molar refractivity (Wildman–Crippen MR) is 111 cm³/mol. The lowest BCUT2D eigenvalue weighted by Crippen LogP contribution is -2.32. The van der Waals surface area contributed by atoms with Crippen LogP contribution in [0.25, 0.3) is 10.8 Å². The molecule has 1 aromatic heterocycles. The molecule has 0 atom stereocenters. The van der Waals surface area contributed by atoms with Crippen molar-refractivity contribution < 1.29 is 4.79 Å². The molecule has 0 aliphatic heterocycles. The first-order valence-electron chi connectivity index (χ1n) is 8.71. The Morgan fingerprint density at radius 3 is 2.77 bits per heavy atom. The van der Waals surface area contributed by atoms with Gasteiger partial charge in [-0.25, -0.2) is 0 Å². The Bertz CT molecular complexity index is 875. The van der Waals surface area contributed by atoms with Gasteiger partial charge in [0.25, 0.3) is 0 Å². The third-order valence-electron chi connectivity index (χ3n) is 3.93. The fourth-order valence-electron chi connectivity index (χ4n) is 2.70. The van der Waals surface area contributed by atoms with Crippen LogP contribution in [-0.4, -0.2) is 34.9 Å². The molecule has 0 saturated heterocycles. The van der Waals surface area contributed by atoms with E-state index in [1.165, 1.54) is 23.1 Å². The standard InChI is InChI=1S/C19H22N4OS2/c1-3-12-20-18-21-22-19(26-18)25-13-17(24)23(4-2)16-11-7-9-14-8-5-6-10-15(14)16/h5-11H,3-4,12-13H2,1-2H3,(H,20,21). The number of benzene rings is 2. The van der Waals surface area contributed by atoms with E-state index in [4.69, 9.17) is 0 Å². The maximum Gasteiger partial charge on any atom is 0.237 e. The van der Waals surface area contributed by atoms with Gasteiger partial charge in [-0.1, -0.05) is 66.4 Å². The van der Waals surface area contributed by atoms with Gasteiger partial charge in [0.15, 0.2) is 4.34 Å². The Morgan fingerprint density at radius 1 is 1.15 bits per heavy atom. The van der Waals surface area contributed by atoms with Crippen molar-refractivity contribution in [3.05, 3.63) is 42.5 Å². The second-order valence-corrected chi connectivity index (χ2v) is 7.92. The molecule has 5 nitrogen and oxygen atoms in total. The van der Waals surface area contributed by atoms with Crippen LogP contribution in [0, 0.1) is 0 Å². The zero-order chi connectivity index (χ0) is 18.4. The quantitative estimate of drug-likeness (QED) is 0.571. The summed E-state index contributed by atoms with van der Waals surface area (Å²) in [6.45, 7) is 5.62. The molecule has 0 fully saturated rings. The van der Waals surface area contributed by atoms with Crippen LogP contribution in [0.2, 0.25) is 0 Å². The average Bonchev–Trinajstić information content (AvgIpc) is 3.13. The Kier molecular flexibility index (Phi) is 6.46. The summed E-state index contributed by atoms with van der Waals surface area (Å²) in [6, 6.07) is 14.2. The van der Waals surface area contributed by atoms with Crippen LogP contribution in [0.3, 0.4) is 0 Å². The molecular formula is C19H22N4OS2. The normalized spacial score (nSPS) is 10.8. The second-order valence-electron chi connectivity index (χ2n) is 5.72. The molecule has 0 aliphatic carbocycles. The second kappa shape index (κ2) is 9.00. The molecule has 0 spiro atoms. The van der Waals surface area contributed by atoms with Crippen molar-refractivity contribution in [2.75, 3.05) is 29.1 Å². The number of aromatic nitrogens is 2. The first kappa shape index (κ1) is 18.7. The topological polar surface area (TPSA) is 58.1 Å². The minimum absolute atomic E-state index is 0.0760. The Labute approximate surface area is 161 Å².